The first-order valence-electron chi connectivity index (χ1n) is 8.45. The number of hydrogen-bond donors (Lipinski definition) is 3. The average Bonchev–Trinajstić information content (AvgIpc) is 2.66. The van der Waals surface area contributed by atoms with Gasteiger partial charge in [0.2, 0.25) is 0 Å². The van der Waals surface area contributed by atoms with Crippen molar-refractivity contribution in [3.05, 3.63) is 58.8 Å². The molecule has 3 rings (SSSR count). The molecule has 140 valence electrons. The number of aromatic hydroxyl groups is 1. The first-order chi connectivity index (χ1) is 13.1. The Morgan fingerprint density at radius 1 is 1.15 bits per heavy atom. The Bertz CT molecular complexity index is 997. The molecular formula is C20H19NO6. The Kier molecular flexibility index (Phi) is 5.73. The Morgan fingerprint density at radius 3 is 2.67 bits per heavy atom. The van der Waals surface area contributed by atoms with Crippen LogP contribution < -0.4 is 15.5 Å². The van der Waals surface area contributed by atoms with Crippen LogP contribution >= 0.6 is 0 Å². The number of phenols is 1. The molecule has 7 nitrogen and oxygen atoms in total. The topological polar surface area (TPSA) is 109 Å². The maximum atomic E-state index is 12.4. The maximum Gasteiger partial charge on any atom is 0.257 e. The number of ether oxygens (including phenoxy) is 1. The van der Waals surface area contributed by atoms with Crippen LogP contribution in [0.25, 0.3) is 22.3 Å². The molecule has 0 fully saturated rings. The molecule has 0 spiro atoms. The van der Waals surface area contributed by atoms with Gasteiger partial charge >= 0.3 is 0 Å². The highest BCUT2D eigenvalue weighted by molar-refractivity contribution is 5.86. The quantitative estimate of drug-likeness (QED) is 0.550. The standard InChI is InChI=1S/C20H19NO6/c22-8-4-7-21-19(25)12-26-14-9-15(23)20-16(24)11-17(27-18(20)10-14)13-5-2-1-3-6-13/h1-3,5-6,9-11,22-23H,4,7-8,12H2,(H,21,25). The van der Waals surface area contributed by atoms with Crippen LogP contribution in [-0.4, -0.2) is 35.9 Å². The first-order valence-corrected chi connectivity index (χ1v) is 8.45. The zero-order valence-electron chi connectivity index (χ0n) is 14.5. The number of aliphatic hydroxyl groups excluding tert-OH is 1. The van der Waals surface area contributed by atoms with Crippen LogP contribution in [0.15, 0.2) is 57.7 Å². The van der Waals surface area contributed by atoms with Gasteiger partial charge in [0.25, 0.3) is 5.91 Å². The minimum Gasteiger partial charge on any atom is -0.507 e. The van der Waals surface area contributed by atoms with Gasteiger partial charge in [-0.25, -0.2) is 0 Å². The third kappa shape index (κ3) is 4.45. The number of benzene rings is 2. The average molecular weight is 369 g/mol. The minimum absolute atomic E-state index is 0.0114. The fraction of sp³-hybridized carbons (Fsp3) is 0.200. The van der Waals surface area contributed by atoms with E-state index in [4.69, 9.17) is 14.3 Å². The molecule has 0 unspecified atom stereocenters. The number of rotatable bonds is 7. The van der Waals surface area contributed by atoms with E-state index in [-0.39, 0.29) is 47.0 Å². The highest BCUT2D eigenvalue weighted by Gasteiger charge is 2.13. The van der Waals surface area contributed by atoms with Crippen LogP contribution in [0.5, 0.6) is 11.5 Å². The molecule has 1 amide bonds. The summed E-state index contributed by atoms with van der Waals surface area (Å²) >= 11 is 0. The van der Waals surface area contributed by atoms with Crippen LogP contribution in [0.4, 0.5) is 0 Å². The molecule has 27 heavy (non-hydrogen) atoms. The van der Waals surface area contributed by atoms with Crippen molar-refractivity contribution in [2.45, 2.75) is 6.42 Å². The van der Waals surface area contributed by atoms with E-state index in [0.29, 0.717) is 18.7 Å². The Balaban J connectivity index is 1.86. The third-order valence-electron chi connectivity index (χ3n) is 3.87. The lowest BCUT2D eigenvalue weighted by atomic mass is 10.1. The molecular weight excluding hydrogens is 350 g/mol. The number of carbonyl (C=O) groups excluding carboxylic acids is 1. The Labute approximate surface area is 154 Å². The van der Waals surface area contributed by atoms with Crippen molar-refractivity contribution in [2.75, 3.05) is 19.8 Å². The molecule has 0 atom stereocenters. The molecule has 2 aromatic carbocycles. The summed E-state index contributed by atoms with van der Waals surface area (Å²) < 4.78 is 11.1. The maximum absolute atomic E-state index is 12.4. The van der Waals surface area contributed by atoms with Crippen LogP contribution in [0.1, 0.15) is 6.42 Å². The normalized spacial score (nSPS) is 10.7. The number of fused-ring (bicyclic) bond motifs is 1. The predicted molar refractivity (Wildman–Crippen MR) is 99.8 cm³/mol. The molecule has 0 saturated carbocycles. The number of nitrogens with one attached hydrogen (secondary N) is 1. The molecule has 0 aliphatic carbocycles. The van der Waals surface area contributed by atoms with Crippen LogP contribution in [0, 0.1) is 0 Å². The van der Waals surface area contributed by atoms with Gasteiger partial charge in [-0.05, 0) is 6.42 Å². The zero-order chi connectivity index (χ0) is 19.2. The van der Waals surface area contributed by atoms with Crippen molar-refractivity contribution >= 4 is 16.9 Å². The molecule has 1 heterocycles. The summed E-state index contributed by atoms with van der Waals surface area (Å²) in [6.45, 7) is 0.0679. The van der Waals surface area contributed by atoms with Crippen LogP contribution in [0.3, 0.4) is 0 Å². The van der Waals surface area contributed by atoms with Crippen LogP contribution in [-0.2, 0) is 4.79 Å². The Hall–Kier alpha value is -3.32. The first kappa shape index (κ1) is 18.5. The monoisotopic (exact) mass is 369 g/mol. The number of phenolic OH excluding ortho intramolecular Hbond substituents is 1. The van der Waals surface area contributed by atoms with Crippen molar-refractivity contribution in [1.82, 2.24) is 5.32 Å². The number of carbonyl (C=O) groups is 1. The molecule has 1 aromatic heterocycles. The summed E-state index contributed by atoms with van der Waals surface area (Å²) in [6, 6.07) is 13.2. The highest BCUT2D eigenvalue weighted by atomic mass is 16.5. The predicted octanol–water partition coefficient (Wildman–Crippen LogP) is 2.04. The summed E-state index contributed by atoms with van der Waals surface area (Å²) in [5.74, 6) is -0.0730. The molecule has 0 aliphatic heterocycles. The van der Waals surface area contributed by atoms with Gasteiger partial charge in [0.1, 0.15) is 28.2 Å². The second kappa shape index (κ2) is 8.37. The minimum atomic E-state index is -0.374. The summed E-state index contributed by atoms with van der Waals surface area (Å²) in [7, 11) is 0. The number of hydrogen-bond acceptors (Lipinski definition) is 6. The van der Waals surface area contributed by atoms with E-state index < -0.39 is 0 Å². The summed E-state index contributed by atoms with van der Waals surface area (Å²) in [5, 5.41) is 21.5. The fourth-order valence-electron chi connectivity index (χ4n) is 2.58. The van der Waals surface area contributed by atoms with Crippen molar-refractivity contribution in [3.8, 4) is 22.8 Å². The largest absolute Gasteiger partial charge is 0.507 e. The van der Waals surface area contributed by atoms with E-state index in [9.17, 15) is 14.7 Å². The third-order valence-corrected chi connectivity index (χ3v) is 3.87. The molecule has 0 aliphatic rings. The molecule has 0 bridgehead atoms. The SMILES string of the molecule is O=C(COc1cc(O)c2c(=O)cc(-c3ccccc3)oc2c1)NCCCO. The zero-order valence-corrected chi connectivity index (χ0v) is 14.5. The fourth-order valence-corrected chi connectivity index (χ4v) is 2.58. The molecule has 0 saturated heterocycles. The van der Waals surface area contributed by atoms with Gasteiger partial charge in [-0.2, -0.15) is 0 Å². The van der Waals surface area contributed by atoms with Gasteiger partial charge in [-0.1, -0.05) is 30.3 Å². The second-order valence-corrected chi connectivity index (χ2v) is 5.87. The van der Waals surface area contributed by atoms with E-state index in [1.807, 2.05) is 18.2 Å². The second-order valence-electron chi connectivity index (χ2n) is 5.87. The van der Waals surface area contributed by atoms with E-state index in [2.05, 4.69) is 5.32 Å². The summed E-state index contributed by atoms with van der Waals surface area (Å²) in [6.07, 6.45) is 0.454. The van der Waals surface area contributed by atoms with E-state index >= 15 is 0 Å². The summed E-state index contributed by atoms with van der Waals surface area (Å²) in [4.78, 5) is 24.1. The lowest BCUT2D eigenvalue weighted by Gasteiger charge is -2.09. The van der Waals surface area contributed by atoms with Gasteiger partial charge in [0.05, 0.1) is 0 Å². The molecule has 3 N–H and O–H groups in total. The summed E-state index contributed by atoms with van der Waals surface area (Å²) in [5.41, 5.74) is 0.517. The number of amides is 1. The van der Waals surface area contributed by atoms with E-state index in [1.165, 1.54) is 18.2 Å². The highest BCUT2D eigenvalue weighted by Crippen LogP contribution is 2.31. The smallest absolute Gasteiger partial charge is 0.257 e. The number of aliphatic hydroxyl groups is 1. The van der Waals surface area contributed by atoms with Crippen molar-refractivity contribution in [1.29, 1.82) is 0 Å². The molecule has 3 aromatic rings. The molecule has 0 radical (unpaired) electrons. The molecule has 7 heteroatoms. The lowest BCUT2D eigenvalue weighted by Crippen LogP contribution is -2.30. The van der Waals surface area contributed by atoms with E-state index in [1.54, 1.807) is 12.1 Å². The van der Waals surface area contributed by atoms with Gasteiger partial charge in [-0.3, -0.25) is 9.59 Å². The Morgan fingerprint density at radius 2 is 1.93 bits per heavy atom. The van der Waals surface area contributed by atoms with Gasteiger partial charge in [0, 0.05) is 36.9 Å². The lowest BCUT2D eigenvalue weighted by molar-refractivity contribution is -0.123. The van der Waals surface area contributed by atoms with Crippen LogP contribution in [0.2, 0.25) is 0 Å². The van der Waals surface area contributed by atoms with Crippen molar-refractivity contribution in [2.24, 2.45) is 0 Å². The van der Waals surface area contributed by atoms with E-state index in [0.717, 1.165) is 5.56 Å². The van der Waals surface area contributed by atoms with Crippen molar-refractivity contribution in [3.63, 3.8) is 0 Å². The van der Waals surface area contributed by atoms with Crippen molar-refractivity contribution < 1.29 is 24.2 Å². The van der Waals surface area contributed by atoms with Gasteiger partial charge in [-0.15, -0.1) is 0 Å². The van der Waals surface area contributed by atoms with Gasteiger partial charge < -0.3 is 24.7 Å². The van der Waals surface area contributed by atoms with Gasteiger partial charge in [0.15, 0.2) is 12.0 Å².